The van der Waals surface area contributed by atoms with Crippen LogP contribution in [0.5, 0.6) is 0 Å². The summed E-state index contributed by atoms with van der Waals surface area (Å²) in [7, 11) is 0. The Morgan fingerprint density at radius 2 is 1.23 bits per heavy atom. The third kappa shape index (κ3) is 4.68. The summed E-state index contributed by atoms with van der Waals surface area (Å²) >= 11 is 0. The number of carbonyl (C=O) groups is 1. The lowest BCUT2D eigenvalue weighted by Gasteiger charge is -2.23. The molecule has 0 heterocycles. The van der Waals surface area contributed by atoms with Crippen molar-refractivity contribution in [1.29, 1.82) is 0 Å². The van der Waals surface area contributed by atoms with Crippen molar-refractivity contribution in [2.45, 2.75) is 12.1 Å². The fourth-order valence-electron chi connectivity index (χ4n) is 2.84. The van der Waals surface area contributed by atoms with E-state index in [2.05, 4.69) is 5.32 Å². The average molecular weight is 343 g/mol. The molecule has 0 saturated heterocycles. The molecule has 26 heavy (non-hydrogen) atoms. The highest BCUT2D eigenvalue weighted by molar-refractivity contribution is 5.77. The third-order valence-corrected chi connectivity index (χ3v) is 4.16. The first-order valence-corrected chi connectivity index (χ1v) is 8.56. The molecule has 2 N–H and O–H groups in total. The van der Waals surface area contributed by atoms with Crippen molar-refractivity contribution in [1.82, 2.24) is 5.32 Å². The highest BCUT2D eigenvalue weighted by Gasteiger charge is 2.21. The molecule has 130 valence electrons. The Morgan fingerprint density at radius 1 is 0.769 bits per heavy atom. The molecule has 1 atom stereocenters. The first-order chi connectivity index (χ1) is 12.7. The zero-order valence-electron chi connectivity index (χ0n) is 14.3. The summed E-state index contributed by atoms with van der Waals surface area (Å²) in [5.74, 6) is -0.908. The van der Waals surface area contributed by atoms with Gasteiger partial charge in [-0.15, -0.1) is 0 Å². The van der Waals surface area contributed by atoms with E-state index in [1.54, 1.807) is 6.08 Å². The van der Waals surface area contributed by atoms with E-state index in [9.17, 15) is 9.90 Å². The zero-order valence-corrected chi connectivity index (χ0v) is 14.3. The number of rotatable bonds is 7. The van der Waals surface area contributed by atoms with Gasteiger partial charge in [-0.05, 0) is 16.7 Å². The molecule has 0 aliphatic carbocycles. The second-order valence-corrected chi connectivity index (χ2v) is 6.01. The van der Waals surface area contributed by atoms with Crippen molar-refractivity contribution < 1.29 is 9.90 Å². The molecule has 3 aromatic carbocycles. The molecule has 0 fully saturated rings. The fraction of sp³-hybridized carbons (Fsp3) is 0.0870. The lowest BCUT2D eigenvalue weighted by atomic mass is 9.97. The summed E-state index contributed by atoms with van der Waals surface area (Å²) in [5, 5.41) is 13.0. The molecule has 1 unspecified atom stereocenters. The molecule has 3 aromatic rings. The van der Waals surface area contributed by atoms with E-state index < -0.39 is 12.0 Å². The predicted molar refractivity (Wildman–Crippen MR) is 105 cm³/mol. The number of carboxylic acids is 1. The summed E-state index contributed by atoms with van der Waals surface area (Å²) in [4.78, 5) is 11.8. The van der Waals surface area contributed by atoms with Gasteiger partial charge in [0.1, 0.15) is 6.04 Å². The van der Waals surface area contributed by atoms with Gasteiger partial charge < -0.3 is 5.11 Å². The van der Waals surface area contributed by atoms with Crippen molar-refractivity contribution in [2.24, 2.45) is 0 Å². The second-order valence-electron chi connectivity index (χ2n) is 6.01. The Morgan fingerprint density at radius 3 is 1.69 bits per heavy atom. The first-order valence-electron chi connectivity index (χ1n) is 8.56. The van der Waals surface area contributed by atoms with Crippen LogP contribution in [0.3, 0.4) is 0 Å². The van der Waals surface area contributed by atoms with Crippen molar-refractivity contribution in [3.63, 3.8) is 0 Å². The minimum absolute atomic E-state index is 0.209. The number of hydrogen-bond donors (Lipinski definition) is 2. The molecule has 3 nitrogen and oxygen atoms in total. The molecule has 3 rings (SSSR count). The summed E-state index contributed by atoms with van der Waals surface area (Å²) in [6.45, 7) is 0. The van der Waals surface area contributed by atoms with E-state index in [0.29, 0.717) is 0 Å². The SMILES string of the molecule is O=C(O)C(C=Cc1ccccc1)NC(c1ccccc1)c1ccccc1. The van der Waals surface area contributed by atoms with Crippen LogP contribution in [-0.2, 0) is 4.79 Å². The minimum Gasteiger partial charge on any atom is -0.480 e. The van der Waals surface area contributed by atoms with Crippen LogP contribution in [0.15, 0.2) is 97.1 Å². The fourth-order valence-corrected chi connectivity index (χ4v) is 2.84. The van der Waals surface area contributed by atoms with E-state index >= 15 is 0 Å². The van der Waals surface area contributed by atoms with Crippen molar-refractivity contribution in [2.75, 3.05) is 0 Å². The van der Waals surface area contributed by atoms with E-state index in [0.717, 1.165) is 16.7 Å². The lowest BCUT2D eigenvalue weighted by Crippen LogP contribution is -2.38. The van der Waals surface area contributed by atoms with Crippen molar-refractivity contribution >= 4 is 12.0 Å². The molecule has 3 heteroatoms. The molecule has 0 aromatic heterocycles. The van der Waals surface area contributed by atoms with Crippen LogP contribution in [0.4, 0.5) is 0 Å². The zero-order chi connectivity index (χ0) is 18.2. The van der Waals surface area contributed by atoms with Crippen LogP contribution >= 0.6 is 0 Å². The van der Waals surface area contributed by atoms with Gasteiger partial charge in [-0.25, -0.2) is 0 Å². The molecule has 0 spiro atoms. The quantitative estimate of drug-likeness (QED) is 0.662. The van der Waals surface area contributed by atoms with Crippen LogP contribution < -0.4 is 5.32 Å². The minimum atomic E-state index is -0.908. The highest BCUT2D eigenvalue weighted by Crippen LogP contribution is 2.22. The molecule has 0 bridgehead atoms. The Hall–Kier alpha value is -3.17. The molecular formula is C23H21NO2. The predicted octanol–water partition coefficient (Wildman–Crippen LogP) is 4.53. The normalized spacial score (nSPS) is 12.3. The van der Waals surface area contributed by atoms with E-state index in [1.165, 1.54) is 0 Å². The summed E-state index contributed by atoms with van der Waals surface area (Å²) < 4.78 is 0. The van der Waals surface area contributed by atoms with Crippen molar-refractivity contribution in [3.05, 3.63) is 114 Å². The summed E-state index contributed by atoms with van der Waals surface area (Å²) in [6.07, 6.45) is 3.52. The number of aliphatic carboxylic acids is 1. The first kappa shape index (κ1) is 17.6. The highest BCUT2D eigenvalue weighted by atomic mass is 16.4. The molecule has 0 radical (unpaired) electrons. The standard InChI is InChI=1S/C23H21NO2/c25-23(26)21(17-16-18-10-4-1-5-11-18)24-22(19-12-6-2-7-13-19)20-14-8-3-9-15-20/h1-17,21-22,24H,(H,25,26). The van der Waals surface area contributed by atoms with Gasteiger partial charge in [-0.1, -0.05) is 103 Å². The average Bonchev–Trinajstić information content (AvgIpc) is 2.70. The number of nitrogens with one attached hydrogen (secondary N) is 1. The van der Waals surface area contributed by atoms with Crippen LogP contribution in [0.2, 0.25) is 0 Å². The second kappa shape index (κ2) is 8.79. The van der Waals surface area contributed by atoms with Crippen LogP contribution in [0, 0.1) is 0 Å². The van der Waals surface area contributed by atoms with Gasteiger partial charge >= 0.3 is 5.97 Å². The van der Waals surface area contributed by atoms with E-state index in [1.807, 2.05) is 97.1 Å². The monoisotopic (exact) mass is 343 g/mol. The Balaban J connectivity index is 1.88. The van der Waals surface area contributed by atoms with Gasteiger partial charge in [0.2, 0.25) is 0 Å². The van der Waals surface area contributed by atoms with Crippen molar-refractivity contribution in [3.8, 4) is 0 Å². The summed E-state index contributed by atoms with van der Waals surface area (Å²) in [6, 6.07) is 28.4. The van der Waals surface area contributed by atoms with Gasteiger partial charge in [0.05, 0.1) is 6.04 Å². The third-order valence-electron chi connectivity index (χ3n) is 4.16. The molecule has 0 saturated carbocycles. The summed E-state index contributed by atoms with van der Waals surface area (Å²) in [5.41, 5.74) is 3.02. The topological polar surface area (TPSA) is 49.3 Å². The van der Waals surface area contributed by atoms with Gasteiger partial charge in [-0.3, -0.25) is 10.1 Å². The van der Waals surface area contributed by atoms with Crippen LogP contribution in [-0.4, -0.2) is 17.1 Å². The van der Waals surface area contributed by atoms with E-state index in [4.69, 9.17) is 0 Å². The number of carboxylic acid groups (broad SMARTS) is 1. The van der Waals surface area contributed by atoms with Gasteiger partial charge in [0, 0.05) is 0 Å². The molecule has 0 amide bonds. The van der Waals surface area contributed by atoms with E-state index in [-0.39, 0.29) is 6.04 Å². The molecule has 0 aliphatic heterocycles. The maximum absolute atomic E-state index is 11.8. The molecular weight excluding hydrogens is 322 g/mol. The number of hydrogen-bond acceptors (Lipinski definition) is 2. The Bertz CT molecular complexity index is 806. The smallest absolute Gasteiger partial charge is 0.324 e. The van der Waals surface area contributed by atoms with Gasteiger partial charge in [0.25, 0.3) is 0 Å². The largest absolute Gasteiger partial charge is 0.480 e. The van der Waals surface area contributed by atoms with Crippen LogP contribution in [0.1, 0.15) is 22.7 Å². The van der Waals surface area contributed by atoms with Crippen LogP contribution in [0.25, 0.3) is 6.08 Å². The van der Waals surface area contributed by atoms with Gasteiger partial charge in [0.15, 0.2) is 0 Å². The maximum atomic E-state index is 11.8. The number of benzene rings is 3. The lowest BCUT2D eigenvalue weighted by molar-refractivity contribution is -0.138. The Kier molecular flexibility index (Phi) is 5.96. The van der Waals surface area contributed by atoms with Gasteiger partial charge in [-0.2, -0.15) is 0 Å². The molecule has 0 aliphatic rings. The Labute approximate surface area is 153 Å². The maximum Gasteiger partial charge on any atom is 0.324 e.